The summed E-state index contributed by atoms with van der Waals surface area (Å²) < 4.78 is 10.00. The Hall–Kier alpha value is -3.66. The zero-order valence-corrected chi connectivity index (χ0v) is 25.7. The van der Waals surface area contributed by atoms with Gasteiger partial charge < -0.3 is 4.74 Å². The molecule has 0 spiro atoms. The van der Waals surface area contributed by atoms with Crippen molar-refractivity contribution in [3.05, 3.63) is 101 Å². The lowest BCUT2D eigenvalue weighted by molar-refractivity contribution is -0.584. The summed E-state index contributed by atoms with van der Waals surface area (Å²) in [5.41, 5.74) is 9.36. The van der Waals surface area contributed by atoms with Gasteiger partial charge in [-0.3, -0.25) is 0 Å². The van der Waals surface area contributed by atoms with Crippen molar-refractivity contribution in [2.24, 2.45) is 0 Å². The quantitative estimate of drug-likeness (QED) is 0.158. The number of nitrogens with zero attached hydrogens (tertiary/aromatic N) is 2. The molecule has 4 rings (SSSR count). The Balaban J connectivity index is 2.11. The van der Waals surface area contributed by atoms with E-state index in [9.17, 15) is 4.79 Å². The second kappa shape index (κ2) is 12.2. The Morgan fingerprint density at radius 2 is 1.20 bits per heavy atom. The number of esters is 1. The van der Waals surface area contributed by atoms with Crippen molar-refractivity contribution >= 4 is 5.97 Å². The van der Waals surface area contributed by atoms with E-state index >= 15 is 0 Å². The van der Waals surface area contributed by atoms with Crippen LogP contribution in [0.1, 0.15) is 119 Å². The molecule has 0 atom stereocenters. The van der Waals surface area contributed by atoms with Crippen LogP contribution in [0.15, 0.2) is 73.1 Å². The van der Waals surface area contributed by atoms with Gasteiger partial charge in [0.25, 0.3) is 5.82 Å². The molecule has 0 bridgehead atoms. The molecule has 0 unspecified atom stereocenters. The van der Waals surface area contributed by atoms with E-state index in [2.05, 4.69) is 125 Å². The van der Waals surface area contributed by atoms with Gasteiger partial charge in [0, 0.05) is 22.3 Å². The van der Waals surface area contributed by atoms with Crippen molar-refractivity contribution in [2.45, 2.75) is 86.0 Å². The summed E-state index contributed by atoms with van der Waals surface area (Å²) >= 11 is 0. The molecule has 3 aromatic carbocycles. The van der Waals surface area contributed by atoms with E-state index in [4.69, 9.17) is 4.74 Å². The molecular formula is C36H45N2O2+. The first-order valence-electron chi connectivity index (χ1n) is 14.7. The third kappa shape index (κ3) is 5.63. The minimum Gasteiger partial charge on any atom is -0.462 e. The van der Waals surface area contributed by atoms with Crippen LogP contribution >= 0.6 is 0 Å². The Bertz CT molecular complexity index is 1340. The van der Waals surface area contributed by atoms with Crippen LogP contribution in [-0.4, -0.2) is 17.1 Å². The molecule has 210 valence electrons. The highest BCUT2D eigenvalue weighted by molar-refractivity contribution is 5.89. The minimum atomic E-state index is -0.295. The van der Waals surface area contributed by atoms with Gasteiger partial charge in [0.15, 0.2) is 0 Å². The van der Waals surface area contributed by atoms with E-state index in [1.807, 2.05) is 19.1 Å². The van der Waals surface area contributed by atoms with E-state index in [1.165, 1.54) is 33.6 Å². The zero-order chi connectivity index (χ0) is 29.1. The number of hydrogen-bond donors (Lipinski definition) is 0. The lowest BCUT2D eigenvalue weighted by atomic mass is 9.92. The molecule has 0 amide bonds. The summed E-state index contributed by atoms with van der Waals surface area (Å²) in [5, 5.41) is 0. The summed E-state index contributed by atoms with van der Waals surface area (Å²) in [6.45, 7) is 20.3. The van der Waals surface area contributed by atoms with Gasteiger partial charge in [-0.15, -0.1) is 0 Å². The average molecular weight is 538 g/mol. The first-order valence-corrected chi connectivity index (χ1v) is 14.7. The molecule has 4 aromatic rings. The van der Waals surface area contributed by atoms with Crippen molar-refractivity contribution in [3.63, 3.8) is 0 Å². The van der Waals surface area contributed by atoms with E-state index in [-0.39, 0.29) is 5.97 Å². The Morgan fingerprint density at radius 3 is 1.65 bits per heavy atom. The first-order chi connectivity index (χ1) is 19.1. The first kappa shape index (κ1) is 29.3. The van der Waals surface area contributed by atoms with Crippen LogP contribution in [0.25, 0.3) is 22.8 Å². The number of imidazole rings is 1. The highest BCUT2D eigenvalue weighted by Crippen LogP contribution is 2.35. The number of aromatic nitrogens is 2. The van der Waals surface area contributed by atoms with Gasteiger partial charge in [-0.05, 0) is 54.9 Å². The molecule has 0 aliphatic heterocycles. The van der Waals surface area contributed by atoms with Crippen LogP contribution in [0, 0.1) is 0 Å². The van der Waals surface area contributed by atoms with Crippen molar-refractivity contribution in [1.29, 1.82) is 0 Å². The number of ether oxygens (including phenoxy) is 1. The van der Waals surface area contributed by atoms with Crippen LogP contribution < -0.4 is 4.57 Å². The predicted octanol–water partition coefficient (Wildman–Crippen LogP) is 9.09. The van der Waals surface area contributed by atoms with E-state index < -0.39 is 0 Å². The number of rotatable bonds is 9. The maximum atomic E-state index is 12.5. The number of benzene rings is 3. The smallest absolute Gasteiger partial charge is 0.338 e. The number of carbonyl (C=O) groups excluding carboxylic acids is 1. The van der Waals surface area contributed by atoms with Crippen LogP contribution in [0.5, 0.6) is 0 Å². The molecule has 4 heteroatoms. The topological polar surface area (TPSA) is 35.1 Å². The van der Waals surface area contributed by atoms with Crippen LogP contribution in [0.3, 0.4) is 0 Å². The van der Waals surface area contributed by atoms with E-state index in [1.54, 1.807) is 0 Å². The number of hydrogen-bond acceptors (Lipinski definition) is 2. The summed E-state index contributed by atoms with van der Waals surface area (Å²) in [6.07, 6.45) is 4.42. The van der Waals surface area contributed by atoms with Gasteiger partial charge in [0.2, 0.25) is 0 Å². The van der Waals surface area contributed by atoms with Gasteiger partial charge in [0.05, 0.1) is 17.7 Å². The van der Waals surface area contributed by atoms with Crippen LogP contribution in [0.2, 0.25) is 0 Å². The summed E-state index contributed by atoms with van der Waals surface area (Å²) in [5.74, 6) is 2.21. The number of carbonyl (C=O) groups is 1. The van der Waals surface area contributed by atoms with Gasteiger partial charge in [-0.2, -0.15) is 9.13 Å². The molecular weight excluding hydrogens is 492 g/mol. The lowest BCUT2D eigenvalue weighted by Crippen LogP contribution is -2.35. The fourth-order valence-electron chi connectivity index (χ4n) is 5.58. The zero-order valence-electron chi connectivity index (χ0n) is 25.7. The predicted molar refractivity (Wildman–Crippen MR) is 165 cm³/mol. The van der Waals surface area contributed by atoms with E-state index in [0.717, 1.165) is 11.4 Å². The minimum absolute atomic E-state index is 0.295. The Morgan fingerprint density at radius 1 is 0.725 bits per heavy atom. The number of para-hydroxylation sites is 2. The van der Waals surface area contributed by atoms with Crippen molar-refractivity contribution in [2.75, 3.05) is 6.61 Å². The van der Waals surface area contributed by atoms with Gasteiger partial charge >= 0.3 is 5.97 Å². The largest absolute Gasteiger partial charge is 0.462 e. The molecule has 0 aliphatic carbocycles. The average Bonchev–Trinajstić information content (AvgIpc) is 3.36. The molecule has 1 heterocycles. The molecule has 40 heavy (non-hydrogen) atoms. The normalized spacial score (nSPS) is 11.7. The molecule has 4 nitrogen and oxygen atoms in total. The Labute approximate surface area is 240 Å². The summed E-state index contributed by atoms with van der Waals surface area (Å²) in [7, 11) is 0. The van der Waals surface area contributed by atoms with Crippen LogP contribution in [0.4, 0.5) is 0 Å². The maximum absolute atomic E-state index is 12.5. The highest BCUT2D eigenvalue weighted by Gasteiger charge is 2.30. The standard InChI is InChI=1S/C36H45N2O2/c1-10-40-36(39)28-19-17-27(18-20-28)35-37(33-29(23(2)3)13-11-14-30(33)24(4)5)21-22-38(35)34-31(25(6)7)15-12-16-32(34)26(8)9/h11-26H,10H2,1-9H3/q+1. The lowest BCUT2D eigenvalue weighted by Gasteiger charge is -2.20. The molecule has 0 N–H and O–H groups in total. The fourth-order valence-corrected chi connectivity index (χ4v) is 5.58. The third-order valence-electron chi connectivity index (χ3n) is 7.64. The molecule has 0 radical (unpaired) electrons. The fraction of sp³-hybridized carbons (Fsp3) is 0.389. The van der Waals surface area contributed by atoms with Crippen LogP contribution in [-0.2, 0) is 4.74 Å². The third-order valence-corrected chi connectivity index (χ3v) is 7.64. The molecule has 0 fully saturated rings. The van der Waals surface area contributed by atoms with Gasteiger partial charge in [-0.1, -0.05) is 91.8 Å². The highest BCUT2D eigenvalue weighted by atomic mass is 16.5. The van der Waals surface area contributed by atoms with Gasteiger partial charge in [-0.25, -0.2) is 4.79 Å². The second-order valence-electron chi connectivity index (χ2n) is 11.8. The molecule has 0 saturated heterocycles. The second-order valence-corrected chi connectivity index (χ2v) is 11.8. The summed E-state index contributed by atoms with van der Waals surface area (Å²) in [4.78, 5) is 12.5. The van der Waals surface area contributed by atoms with Crippen molar-refractivity contribution in [3.8, 4) is 22.8 Å². The monoisotopic (exact) mass is 537 g/mol. The Kier molecular flexibility index (Phi) is 8.98. The maximum Gasteiger partial charge on any atom is 0.338 e. The van der Waals surface area contributed by atoms with Crippen molar-refractivity contribution < 1.29 is 14.1 Å². The molecule has 0 aliphatic rings. The summed E-state index contributed by atoms with van der Waals surface area (Å²) in [6, 6.07) is 21.3. The van der Waals surface area contributed by atoms with Crippen molar-refractivity contribution in [1.82, 2.24) is 4.57 Å². The SMILES string of the molecule is CCOC(=O)c1ccc(-c2n(-c3c(C(C)C)cccc3C(C)C)cc[n+]2-c2c(C(C)C)cccc2C(C)C)cc1. The van der Waals surface area contributed by atoms with E-state index in [0.29, 0.717) is 35.8 Å². The van der Waals surface area contributed by atoms with Gasteiger partial charge in [0.1, 0.15) is 23.8 Å². The molecule has 1 aromatic heterocycles. The molecule has 0 saturated carbocycles.